The quantitative estimate of drug-likeness (QED) is 0.0980. The van der Waals surface area contributed by atoms with Crippen molar-refractivity contribution in [3.63, 3.8) is 0 Å². The van der Waals surface area contributed by atoms with Gasteiger partial charge in [0.15, 0.2) is 0 Å². The minimum absolute atomic E-state index is 0. The summed E-state index contributed by atoms with van der Waals surface area (Å²) in [5, 5.41) is 23.2. The standard InChI is InChI=1S/C38H45O4P.BrH/c39-37-31-32(27-28-36(37)38(40)41)42-29-19-8-6-4-2-1-3-5-7-9-20-30-43(33-21-13-10-14-22-33,34-23-15-11-16-24-34)35-25-17-12-18-26-35;/h10-18,21-28,31H,1-9,19-20,29-30H2,(H-,39,40,41);1H. The number of phenols is 1. The highest BCUT2D eigenvalue weighted by atomic mass is 79.9. The van der Waals surface area contributed by atoms with Crippen LogP contribution in [0.5, 0.6) is 11.5 Å². The Hall–Kier alpha value is -3.14. The van der Waals surface area contributed by atoms with Crippen molar-refractivity contribution in [3.05, 3.63) is 115 Å². The molecule has 4 nitrogen and oxygen atoms in total. The Morgan fingerprint density at radius 3 is 1.39 bits per heavy atom. The van der Waals surface area contributed by atoms with Crippen molar-refractivity contribution in [3.8, 4) is 11.5 Å². The lowest BCUT2D eigenvalue weighted by Crippen LogP contribution is -3.00. The van der Waals surface area contributed by atoms with Crippen LogP contribution in [0.2, 0.25) is 0 Å². The van der Waals surface area contributed by atoms with Gasteiger partial charge in [-0.25, -0.2) is 4.79 Å². The van der Waals surface area contributed by atoms with E-state index in [1.54, 1.807) is 6.07 Å². The second kappa shape index (κ2) is 19.3. The molecule has 234 valence electrons. The van der Waals surface area contributed by atoms with E-state index in [1.807, 2.05) is 0 Å². The van der Waals surface area contributed by atoms with Gasteiger partial charge in [0, 0.05) is 6.07 Å². The third kappa shape index (κ3) is 10.2. The summed E-state index contributed by atoms with van der Waals surface area (Å²) in [5.41, 5.74) is -0.107. The first-order valence-corrected chi connectivity index (χ1v) is 17.8. The van der Waals surface area contributed by atoms with Gasteiger partial charge >= 0.3 is 5.97 Å². The van der Waals surface area contributed by atoms with E-state index in [1.165, 1.54) is 92.0 Å². The van der Waals surface area contributed by atoms with Gasteiger partial charge in [-0.2, -0.15) is 0 Å². The molecule has 0 fully saturated rings. The third-order valence-corrected chi connectivity index (χ3v) is 12.7. The van der Waals surface area contributed by atoms with Gasteiger partial charge < -0.3 is 31.9 Å². The van der Waals surface area contributed by atoms with E-state index in [0.717, 1.165) is 12.8 Å². The number of aromatic carboxylic acids is 1. The summed E-state index contributed by atoms with van der Waals surface area (Å²) in [6.07, 6.45) is 14.8. The second-order valence-electron chi connectivity index (χ2n) is 11.3. The van der Waals surface area contributed by atoms with Crippen LogP contribution in [0, 0.1) is 0 Å². The van der Waals surface area contributed by atoms with Crippen molar-refractivity contribution in [1.82, 2.24) is 0 Å². The summed E-state index contributed by atoms with van der Waals surface area (Å²) < 4.78 is 5.66. The van der Waals surface area contributed by atoms with Crippen LogP contribution in [0.1, 0.15) is 81.0 Å². The van der Waals surface area contributed by atoms with Crippen molar-refractivity contribution in [2.75, 3.05) is 12.8 Å². The number of carboxylic acids is 1. The Labute approximate surface area is 274 Å². The van der Waals surface area contributed by atoms with Gasteiger partial charge in [0.2, 0.25) is 0 Å². The maximum atomic E-state index is 11.0. The molecular formula is C38H46BrO4P. The first-order chi connectivity index (χ1) is 21.1. The zero-order chi connectivity index (χ0) is 30.2. The highest BCUT2D eigenvalue weighted by Crippen LogP contribution is 2.56. The molecule has 4 aromatic rings. The molecule has 6 heteroatoms. The van der Waals surface area contributed by atoms with Crippen LogP contribution in [0.15, 0.2) is 109 Å². The lowest BCUT2D eigenvalue weighted by Gasteiger charge is -2.27. The van der Waals surface area contributed by atoms with Gasteiger partial charge in [-0.1, -0.05) is 106 Å². The Balaban J connectivity index is 0.00000529. The third-order valence-electron chi connectivity index (χ3n) is 8.20. The van der Waals surface area contributed by atoms with Crippen molar-refractivity contribution in [2.45, 2.75) is 70.6 Å². The zero-order valence-corrected chi connectivity index (χ0v) is 28.1. The molecule has 0 aliphatic heterocycles. The number of hydrogen-bond acceptors (Lipinski definition) is 3. The fourth-order valence-corrected chi connectivity index (χ4v) is 10.3. The van der Waals surface area contributed by atoms with E-state index in [2.05, 4.69) is 91.0 Å². The summed E-state index contributed by atoms with van der Waals surface area (Å²) in [7, 11) is -1.70. The SMILES string of the molecule is O=C(O)c1ccc(OCCCCCCCCCCCCC[P+](c2ccccc2)(c2ccccc2)c2ccccc2)cc1O.[Br-]. The summed E-state index contributed by atoms with van der Waals surface area (Å²) in [6, 6.07) is 37.9. The van der Waals surface area contributed by atoms with Crippen LogP contribution in [0.25, 0.3) is 0 Å². The van der Waals surface area contributed by atoms with Crippen molar-refractivity contribution < 1.29 is 36.7 Å². The molecular weight excluding hydrogens is 631 g/mol. The van der Waals surface area contributed by atoms with Crippen molar-refractivity contribution in [1.29, 1.82) is 0 Å². The van der Waals surface area contributed by atoms with Gasteiger partial charge in [-0.15, -0.1) is 0 Å². The predicted octanol–water partition coefficient (Wildman–Crippen LogP) is 5.76. The van der Waals surface area contributed by atoms with Gasteiger partial charge in [-0.05, 0) is 67.8 Å². The molecule has 0 aliphatic carbocycles. The molecule has 0 atom stereocenters. The Kier molecular flexibility index (Phi) is 15.5. The largest absolute Gasteiger partial charge is 1.00 e. The van der Waals surface area contributed by atoms with E-state index < -0.39 is 13.2 Å². The number of carboxylic acid groups (broad SMARTS) is 1. The molecule has 0 saturated carbocycles. The topological polar surface area (TPSA) is 66.8 Å². The fourth-order valence-electron chi connectivity index (χ4n) is 5.90. The number of carbonyl (C=O) groups is 1. The molecule has 0 radical (unpaired) electrons. The lowest BCUT2D eigenvalue weighted by atomic mass is 10.1. The van der Waals surface area contributed by atoms with Crippen LogP contribution >= 0.6 is 7.26 Å². The molecule has 2 N–H and O–H groups in total. The van der Waals surface area contributed by atoms with Crippen LogP contribution in [0.3, 0.4) is 0 Å². The van der Waals surface area contributed by atoms with E-state index in [9.17, 15) is 9.90 Å². The highest BCUT2D eigenvalue weighted by molar-refractivity contribution is 7.95. The molecule has 0 aromatic heterocycles. The monoisotopic (exact) mass is 676 g/mol. The van der Waals surface area contributed by atoms with Crippen LogP contribution in [-0.4, -0.2) is 29.0 Å². The maximum absolute atomic E-state index is 11.0. The number of hydrogen-bond donors (Lipinski definition) is 2. The molecule has 4 rings (SSSR count). The molecule has 0 aliphatic rings. The average molecular weight is 678 g/mol. The molecule has 44 heavy (non-hydrogen) atoms. The molecule has 0 unspecified atom stereocenters. The van der Waals surface area contributed by atoms with Crippen LogP contribution in [0.4, 0.5) is 0 Å². The number of unbranched alkanes of at least 4 members (excludes halogenated alkanes) is 10. The number of rotatable bonds is 19. The zero-order valence-electron chi connectivity index (χ0n) is 25.6. The Bertz CT molecular complexity index is 1270. The van der Waals surface area contributed by atoms with E-state index in [-0.39, 0.29) is 28.3 Å². The fraction of sp³-hybridized carbons (Fsp3) is 0.342. The van der Waals surface area contributed by atoms with Gasteiger partial charge in [0.25, 0.3) is 0 Å². The minimum atomic E-state index is -1.70. The molecule has 0 amide bonds. The number of aromatic hydroxyl groups is 1. The minimum Gasteiger partial charge on any atom is -1.00 e. The summed E-state index contributed by atoms with van der Waals surface area (Å²) >= 11 is 0. The lowest BCUT2D eigenvalue weighted by molar-refractivity contribution is -0.0000264. The number of halogens is 1. The average Bonchev–Trinajstić information content (AvgIpc) is 3.04. The number of ether oxygens (including phenoxy) is 1. The van der Waals surface area contributed by atoms with E-state index >= 15 is 0 Å². The normalized spacial score (nSPS) is 11.1. The summed E-state index contributed by atoms with van der Waals surface area (Å²) in [6.45, 7) is 0.578. The predicted molar refractivity (Wildman–Crippen MR) is 181 cm³/mol. The molecule has 0 bridgehead atoms. The van der Waals surface area contributed by atoms with Crippen molar-refractivity contribution >= 4 is 29.1 Å². The summed E-state index contributed by atoms with van der Waals surface area (Å²) in [5.74, 6) is -0.890. The molecule has 0 saturated heterocycles. The summed E-state index contributed by atoms with van der Waals surface area (Å²) in [4.78, 5) is 11.0. The van der Waals surface area contributed by atoms with E-state index in [0.29, 0.717) is 12.4 Å². The Morgan fingerprint density at radius 1 is 0.568 bits per heavy atom. The first kappa shape index (κ1) is 35.3. The van der Waals surface area contributed by atoms with E-state index in [4.69, 9.17) is 9.84 Å². The molecule has 0 spiro atoms. The highest BCUT2D eigenvalue weighted by Gasteiger charge is 2.44. The van der Waals surface area contributed by atoms with Gasteiger partial charge in [-0.3, -0.25) is 0 Å². The number of benzene rings is 4. The van der Waals surface area contributed by atoms with Crippen molar-refractivity contribution in [2.24, 2.45) is 0 Å². The van der Waals surface area contributed by atoms with Crippen LogP contribution in [-0.2, 0) is 0 Å². The second-order valence-corrected chi connectivity index (χ2v) is 14.9. The Morgan fingerprint density at radius 2 is 0.977 bits per heavy atom. The molecule has 4 aromatic carbocycles. The molecule has 0 heterocycles. The van der Waals surface area contributed by atoms with Crippen LogP contribution < -0.4 is 37.6 Å². The van der Waals surface area contributed by atoms with Gasteiger partial charge in [0.1, 0.15) is 40.2 Å². The smallest absolute Gasteiger partial charge is 0.339 e. The van der Waals surface area contributed by atoms with Gasteiger partial charge in [0.05, 0.1) is 12.8 Å². The maximum Gasteiger partial charge on any atom is 0.339 e. The first-order valence-electron chi connectivity index (χ1n) is 15.9.